The lowest BCUT2D eigenvalue weighted by Crippen LogP contribution is -2.49. The molecule has 1 aliphatic rings. The number of pyridine rings is 1. The number of amides is 1. The molecule has 0 spiro atoms. The van der Waals surface area contributed by atoms with E-state index in [9.17, 15) is 14.9 Å². The van der Waals surface area contributed by atoms with Crippen LogP contribution in [0.4, 0.5) is 11.5 Å². The third-order valence-electron chi connectivity index (χ3n) is 4.49. The van der Waals surface area contributed by atoms with E-state index in [1.54, 1.807) is 12.3 Å². The van der Waals surface area contributed by atoms with Gasteiger partial charge in [0.2, 0.25) is 5.91 Å². The van der Waals surface area contributed by atoms with Gasteiger partial charge in [-0.25, -0.2) is 9.97 Å². The average Bonchev–Trinajstić information content (AvgIpc) is 3.15. The molecule has 1 fully saturated rings. The maximum absolute atomic E-state index is 12.5. The zero-order valence-corrected chi connectivity index (χ0v) is 16.5. The summed E-state index contributed by atoms with van der Waals surface area (Å²) in [5, 5.41) is 10.9. The molecule has 3 aromatic rings. The molecule has 0 aliphatic carbocycles. The highest BCUT2D eigenvalue weighted by atomic mass is 32.2. The predicted octanol–water partition coefficient (Wildman–Crippen LogP) is 3.04. The van der Waals surface area contributed by atoms with Gasteiger partial charge in [-0.3, -0.25) is 14.9 Å². The molecule has 1 aliphatic heterocycles. The zero-order chi connectivity index (χ0) is 19.5. The smallest absolute Gasteiger partial charge is 0.270 e. The average molecular weight is 416 g/mol. The van der Waals surface area contributed by atoms with Crippen LogP contribution in [0.25, 0.3) is 10.2 Å². The number of nitro benzene ring substituents is 1. The SMILES string of the molecule is O=C(CSc1nc2ccc([N+](=O)[O-])cc2s1)N1CCN(c2ccccn2)CC1. The molecule has 0 radical (unpaired) electrons. The maximum Gasteiger partial charge on any atom is 0.270 e. The second-order valence-electron chi connectivity index (χ2n) is 6.23. The highest BCUT2D eigenvalue weighted by molar-refractivity contribution is 8.01. The van der Waals surface area contributed by atoms with Crippen molar-refractivity contribution in [2.45, 2.75) is 4.34 Å². The fourth-order valence-electron chi connectivity index (χ4n) is 3.01. The Kier molecular flexibility index (Phi) is 5.40. The van der Waals surface area contributed by atoms with Gasteiger partial charge in [-0.05, 0) is 18.2 Å². The first-order valence-electron chi connectivity index (χ1n) is 8.72. The third-order valence-corrected chi connectivity index (χ3v) is 6.63. The molecule has 28 heavy (non-hydrogen) atoms. The number of hydrogen-bond donors (Lipinski definition) is 0. The van der Waals surface area contributed by atoms with E-state index < -0.39 is 4.92 Å². The van der Waals surface area contributed by atoms with Gasteiger partial charge in [0.05, 0.1) is 20.9 Å². The van der Waals surface area contributed by atoms with E-state index in [0.717, 1.165) is 33.5 Å². The van der Waals surface area contributed by atoms with Crippen LogP contribution in [0.15, 0.2) is 46.9 Å². The van der Waals surface area contributed by atoms with E-state index in [4.69, 9.17) is 0 Å². The Morgan fingerprint density at radius 1 is 1.21 bits per heavy atom. The number of thioether (sulfide) groups is 1. The Morgan fingerprint density at radius 3 is 2.75 bits per heavy atom. The summed E-state index contributed by atoms with van der Waals surface area (Å²) >= 11 is 2.76. The van der Waals surface area contributed by atoms with E-state index >= 15 is 0 Å². The Morgan fingerprint density at radius 2 is 2.04 bits per heavy atom. The van der Waals surface area contributed by atoms with E-state index in [1.165, 1.54) is 35.2 Å². The van der Waals surface area contributed by atoms with Crippen molar-refractivity contribution in [2.75, 3.05) is 36.8 Å². The number of rotatable bonds is 5. The molecule has 0 atom stereocenters. The summed E-state index contributed by atoms with van der Waals surface area (Å²) in [6, 6.07) is 10.4. The normalized spacial score (nSPS) is 14.4. The van der Waals surface area contributed by atoms with Crippen LogP contribution in [0.3, 0.4) is 0 Å². The number of nitrogens with zero attached hydrogens (tertiary/aromatic N) is 5. The van der Waals surface area contributed by atoms with Gasteiger partial charge in [0.15, 0.2) is 4.34 Å². The fraction of sp³-hybridized carbons (Fsp3) is 0.278. The van der Waals surface area contributed by atoms with Gasteiger partial charge in [0.1, 0.15) is 5.82 Å². The summed E-state index contributed by atoms with van der Waals surface area (Å²) in [6.07, 6.45) is 1.77. The van der Waals surface area contributed by atoms with Gasteiger partial charge < -0.3 is 9.80 Å². The van der Waals surface area contributed by atoms with Crippen molar-refractivity contribution in [3.63, 3.8) is 0 Å². The lowest BCUT2D eigenvalue weighted by atomic mass is 10.3. The quantitative estimate of drug-likeness (QED) is 0.359. The van der Waals surface area contributed by atoms with Crippen molar-refractivity contribution in [1.82, 2.24) is 14.9 Å². The first-order valence-corrected chi connectivity index (χ1v) is 10.5. The van der Waals surface area contributed by atoms with Crippen LogP contribution in [0, 0.1) is 10.1 Å². The van der Waals surface area contributed by atoms with Crippen LogP contribution in [-0.2, 0) is 4.79 Å². The van der Waals surface area contributed by atoms with E-state index in [0.29, 0.717) is 18.8 Å². The van der Waals surface area contributed by atoms with Gasteiger partial charge in [-0.2, -0.15) is 0 Å². The van der Waals surface area contributed by atoms with Crippen LogP contribution in [0.2, 0.25) is 0 Å². The Bertz CT molecular complexity index is 1000. The molecule has 1 saturated heterocycles. The summed E-state index contributed by atoms with van der Waals surface area (Å²) in [5.41, 5.74) is 0.768. The first kappa shape index (κ1) is 18.6. The van der Waals surface area contributed by atoms with Gasteiger partial charge in [0.25, 0.3) is 5.69 Å². The molecule has 144 valence electrons. The van der Waals surface area contributed by atoms with Gasteiger partial charge in [0, 0.05) is 44.5 Å². The number of carbonyl (C=O) groups excluding carboxylic acids is 1. The molecule has 0 N–H and O–H groups in total. The molecule has 4 rings (SSSR count). The van der Waals surface area contributed by atoms with Gasteiger partial charge in [-0.1, -0.05) is 17.8 Å². The number of benzene rings is 1. The molecule has 1 amide bonds. The molecule has 2 aromatic heterocycles. The maximum atomic E-state index is 12.5. The van der Waals surface area contributed by atoms with Crippen molar-refractivity contribution in [3.8, 4) is 0 Å². The minimum Gasteiger partial charge on any atom is -0.353 e. The third kappa shape index (κ3) is 4.07. The number of piperazine rings is 1. The summed E-state index contributed by atoms with van der Waals surface area (Å²) < 4.78 is 1.50. The minimum atomic E-state index is -0.417. The minimum absolute atomic E-state index is 0.0505. The highest BCUT2D eigenvalue weighted by Gasteiger charge is 2.22. The van der Waals surface area contributed by atoms with E-state index in [2.05, 4.69) is 14.9 Å². The molecule has 0 saturated carbocycles. The number of nitro groups is 1. The van der Waals surface area contributed by atoms with Crippen molar-refractivity contribution in [3.05, 3.63) is 52.7 Å². The van der Waals surface area contributed by atoms with Crippen LogP contribution >= 0.6 is 23.1 Å². The second kappa shape index (κ2) is 8.11. The summed E-state index contributed by atoms with van der Waals surface area (Å²) in [7, 11) is 0. The van der Waals surface area contributed by atoms with Crippen molar-refractivity contribution < 1.29 is 9.72 Å². The molecule has 8 nitrogen and oxygen atoms in total. The number of fused-ring (bicyclic) bond motifs is 1. The van der Waals surface area contributed by atoms with Crippen LogP contribution in [0.1, 0.15) is 0 Å². The number of carbonyl (C=O) groups is 1. The Hall–Kier alpha value is -2.72. The van der Waals surface area contributed by atoms with Gasteiger partial charge >= 0.3 is 0 Å². The molecule has 0 unspecified atom stereocenters. The number of aromatic nitrogens is 2. The zero-order valence-electron chi connectivity index (χ0n) is 14.9. The lowest BCUT2D eigenvalue weighted by molar-refractivity contribution is -0.384. The monoisotopic (exact) mass is 415 g/mol. The van der Waals surface area contributed by atoms with Crippen molar-refractivity contribution in [1.29, 1.82) is 0 Å². The highest BCUT2D eigenvalue weighted by Crippen LogP contribution is 2.32. The number of non-ortho nitro benzene ring substituents is 1. The van der Waals surface area contributed by atoms with E-state index in [1.807, 2.05) is 23.1 Å². The van der Waals surface area contributed by atoms with Crippen molar-refractivity contribution in [2.24, 2.45) is 0 Å². The van der Waals surface area contributed by atoms with Gasteiger partial charge in [-0.15, -0.1) is 11.3 Å². The number of hydrogen-bond acceptors (Lipinski definition) is 8. The Labute approximate surface area is 169 Å². The predicted molar refractivity (Wildman–Crippen MR) is 110 cm³/mol. The summed E-state index contributed by atoms with van der Waals surface area (Å²) in [6.45, 7) is 2.86. The molecular formula is C18H17N5O3S2. The molecule has 10 heteroatoms. The number of anilines is 1. The summed E-state index contributed by atoms with van der Waals surface area (Å²) in [5.74, 6) is 1.33. The van der Waals surface area contributed by atoms with Crippen LogP contribution in [0.5, 0.6) is 0 Å². The summed E-state index contributed by atoms with van der Waals surface area (Å²) in [4.78, 5) is 35.9. The lowest BCUT2D eigenvalue weighted by Gasteiger charge is -2.35. The fourth-order valence-corrected chi connectivity index (χ4v) is 5.01. The topological polar surface area (TPSA) is 92.5 Å². The standard InChI is InChI=1S/C18H17N5O3S2/c24-17(22-9-7-21(8-10-22)16-3-1-2-6-19-16)12-27-18-20-14-5-4-13(23(25)26)11-15(14)28-18/h1-6,11H,7-10,12H2. The molecule has 0 bridgehead atoms. The first-order chi connectivity index (χ1) is 13.6. The largest absolute Gasteiger partial charge is 0.353 e. The number of thiazole rings is 1. The van der Waals surface area contributed by atoms with Crippen LogP contribution < -0.4 is 4.90 Å². The Balaban J connectivity index is 1.32. The molecule has 1 aromatic carbocycles. The molecular weight excluding hydrogens is 398 g/mol. The molecule has 3 heterocycles. The second-order valence-corrected chi connectivity index (χ2v) is 8.49. The van der Waals surface area contributed by atoms with Crippen molar-refractivity contribution >= 4 is 50.7 Å². The van der Waals surface area contributed by atoms with Crippen LogP contribution in [-0.4, -0.2) is 57.6 Å². The van der Waals surface area contributed by atoms with E-state index in [-0.39, 0.29) is 11.6 Å².